The van der Waals surface area contributed by atoms with Gasteiger partial charge in [0.05, 0.1) is 11.1 Å². The Balaban J connectivity index is 2.24. The van der Waals surface area contributed by atoms with Crippen LogP contribution >= 0.6 is 11.8 Å². The summed E-state index contributed by atoms with van der Waals surface area (Å²) in [5, 5.41) is 16.6. The van der Waals surface area contributed by atoms with Crippen LogP contribution in [-0.2, 0) is 11.3 Å². The van der Waals surface area contributed by atoms with Crippen LogP contribution in [-0.4, -0.2) is 32.7 Å². The molecule has 0 saturated carbocycles. The number of aromatic nitrogens is 2. The van der Waals surface area contributed by atoms with Crippen molar-refractivity contribution in [1.82, 2.24) is 15.1 Å². The molecular formula is C11H17N3O2S. The lowest BCUT2D eigenvalue weighted by atomic mass is 10.2. The molecule has 0 spiro atoms. The summed E-state index contributed by atoms with van der Waals surface area (Å²) < 4.78 is 1.96. The highest BCUT2D eigenvalue weighted by molar-refractivity contribution is 7.99. The van der Waals surface area contributed by atoms with Gasteiger partial charge >= 0.3 is 5.97 Å². The molecule has 1 aromatic rings. The molecule has 0 amide bonds. The zero-order valence-electron chi connectivity index (χ0n) is 10.2. The summed E-state index contributed by atoms with van der Waals surface area (Å²) in [7, 11) is 0. The fourth-order valence-corrected chi connectivity index (χ4v) is 3.57. The van der Waals surface area contributed by atoms with E-state index in [-0.39, 0.29) is 5.37 Å². The van der Waals surface area contributed by atoms with Gasteiger partial charge in [0.25, 0.3) is 0 Å². The van der Waals surface area contributed by atoms with Gasteiger partial charge in [-0.3, -0.25) is 14.8 Å². The van der Waals surface area contributed by atoms with Crippen molar-refractivity contribution in [1.29, 1.82) is 0 Å². The van der Waals surface area contributed by atoms with Gasteiger partial charge in [-0.2, -0.15) is 5.10 Å². The summed E-state index contributed by atoms with van der Waals surface area (Å²) in [5.41, 5.74) is 3.25. The molecule has 0 unspecified atom stereocenters. The van der Waals surface area contributed by atoms with E-state index in [9.17, 15) is 4.79 Å². The number of nitrogens with one attached hydrogen (secondary N) is 1. The third kappa shape index (κ3) is 2.19. The van der Waals surface area contributed by atoms with Crippen LogP contribution in [0, 0.1) is 13.8 Å². The molecule has 2 rings (SSSR count). The zero-order chi connectivity index (χ0) is 12.6. The Morgan fingerprint density at radius 2 is 2.35 bits per heavy atom. The van der Waals surface area contributed by atoms with Crippen molar-refractivity contribution in [3.05, 3.63) is 17.0 Å². The zero-order valence-corrected chi connectivity index (χ0v) is 11.0. The number of aryl methyl sites for hydroxylation is 2. The van der Waals surface area contributed by atoms with Crippen molar-refractivity contribution in [3.8, 4) is 0 Å². The first-order valence-electron chi connectivity index (χ1n) is 5.69. The Morgan fingerprint density at radius 3 is 2.82 bits per heavy atom. The molecule has 1 aromatic heterocycles. The molecule has 0 radical (unpaired) electrons. The number of nitrogens with zero attached hydrogens (tertiary/aromatic N) is 2. The second-order valence-corrected chi connectivity index (χ2v) is 5.31. The number of hydrogen-bond acceptors (Lipinski definition) is 4. The molecular weight excluding hydrogens is 238 g/mol. The Hall–Kier alpha value is -1.01. The molecule has 0 bridgehead atoms. The van der Waals surface area contributed by atoms with E-state index in [2.05, 4.69) is 17.3 Å². The van der Waals surface area contributed by atoms with Crippen molar-refractivity contribution in [2.24, 2.45) is 0 Å². The Labute approximate surface area is 105 Å². The number of thioether (sulfide) groups is 1. The summed E-state index contributed by atoms with van der Waals surface area (Å²) in [6, 6.07) is -0.450. The van der Waals surface area contributed by atoms with Gasteiger partial charge in [0.2, 0.25) is 0 Å². The van der Waals surface area contributed by atoms with E-state index >= 15 is 0 Å². The number of rotatable bonds is 3. The van der Waals surface area contributed by atoms with Gasteiger partial charge in [0.15, 0.2) is 0 Å². The lowest BCUT2D eigenvalue weighted by Crippen LogP contribution is -2.33. The predicted octanol–water partition coefficient (Wildman–Crippen LogP) is 1.31. The monoisotopic (exact) mass is 255 g/mol. The van der Waals surface area contributed by atoms with Crippen LogP contribution in [0.4, 0.5) is 0 Å². The highest BCUT2D eigenvalue weighted by Gasteiger charge is 2.33. The normalized spacial score (nSPS) is 24.2. The fraction of sp³-hybridized carbons (Fsp3) is 0.636. The predicted molar refractivity (Wildman–Crippen MR) is 67.1 cm³/mol. The van der Waals surface area contributed by atoms with E-state index in [0.29, 0.717) is 5.75 Å². The minimum absolute atomic E-state index is 0.0522. The molecule has 1 aliphatic heterocycles. The maximum atomic E-state index is 10.9. The summed E-state index contributed by atoms with van der Waals surface area (Å²) in [5.74, 6) is -0.172. The third-order valence-electron chi connectivity index (χ3n) is 3.08. The summed E-state index contributed by atoms with van der Waals surface area (Å²) in [4.78, 5) is 10.9. The molecule has 2 heterocycles. The van der Waals surface area contributed by atoms with Crippen LogP contribution in [0.1, 0.15) is 29.2 Å². The van der Waals surface area contributed by atoms with Gasteiger partial charge in [-0.25, -0.2) is 0 Å². The van der Waals surface area contributed by atoms with Crippen LogP contribution in [0.15, 0.2) is 0 Å². The average molecular weight is 255 g/mol. The smallest absolute Gasteiger partial charge is 0.321 e. The average Bonchev–Trinajstić information content (AvgIpc) is 2.83. The number of carboxylic acid groups (broad SMARTS) is 1. The van der Waals surface area contributed by atoms with Gasteiger partial charge in [-0.15, -0.1) is 11.8 Å². The lowest BCUT2D eigenvalue weighted by Gasteiger charge is -2.11. The second kappa shape index (κ2) is 4.70. The van der Waals surface area contributed by atoms with Gasteiger partial charge < -0.3 is 5.11 Å². The Morgan fingerprint density at radius 1 is 1.65 bits per heavy atom. The quantitative estimate of drug-likeness (QED) is 0.852. The van der Waals surface area contributed by atoms with Crippen LogP contribution in [0.5, 0.6) is 0 Å². The third-order valence-corrected chi connectivity index (χ3v) is 4.31. The first-order valence-corrected chi connectivity index (χ1v) is 6.73. The topological polar surface area (TPSA) is 67.2 Å². The van der Waals surface area contributed by atoms with Crippen LogP contribution in [0.2, 0.25) is 0 Å². The van der Waals surface area contributed by atoms with Crippen LogP contribution < -0.4 is 5.32 Å². The van der Waals surface area contributed by atoms with E-state index in [1.54, 1.807) is 11.8 Å². The van der Waals surface area contributed by atoms with Crippen molar-refractivity contribution >= 4 is 17.7 Å². The number of hydrogen-bond donors (Lipinski definition) is 2. The fourth-order valence-electron chi connectivity index (χ4n) is 2.18. The SMILES string of the molecule is CCn1nc(C)c([C@@H]2N[C@@H](C(=O)O)CS2)c1C. The summed E-state index contributed by atoms with van der Waals surface area (Å²) in [6.07, 6.45) is 0. The Kier molecular flexibility index (Phi) is 3.44. The molecule has 5 nitrogen and oxygen atoms in total. The second-order valence-electron chi connectivity index (χ2n) is 4.17. The molecule has 1 aliphatic rings. The molecule has 94 valence electrons. The lowest BCUT2D eigenvalue weighted by molar-refractivity contribution is -0.138. The summed E-state index contributed by atoms with van der Waals surface area (Å²) >= 11 is 1.64. The first kappa shape index (κ1) is 12.4. The van der Waals surface area contributed by atoms with Gasteiger partial charge in [0, 0.05) is 23.6 Å². The highest BCUT2D eigenvalue weighted by Crippen LogP contribution is 2.36. The number of carbonyl (C=O) groups is 1. The van der Waals surface area contributed by atoms with Crippen LogP contribution in [0.3, 0.4) is 0 Å². The van der Waals surface area contributed by atoms with E-state index in [0.717, 1.165) is 23.5 Å². The van der Waals surface area contributed by atoms with E-state index in [1.807, 2.05) is 18.5 Å². The standard InChI is InChI=1S/C11H17N3O2S/c1-4-14-7(3)9(6(2)13-14)10-12-8(5-17-10)11(15)16/h8,10,12H,4-5H2,1-3H3,(H,15,16)/t8-,10-/m1/s1. The van der Waals surface area contributed by atoms with Crippen molar-refractivity contribution in [2.75, 3.05) is 5.75 Å². The van der Waals surface area contributed by atoms with Gasteiger partial charge in [0.1, 0.15) is 6.04 Å². The van der Waals surface area contributed by atoms with Crippen molar-refractivity contribution < 1.29 is 9.90 Å². The van der Waals surface area contributed by atoms with E-state index in [1.165, 1.54) is 0 Å². The van der Waals surface area contributed by atoms with Gasteiger partial charge in [-0.1, -0.05) is 0 Å². The highest BCUT2D eigenvalue weighted by atomic mass is 32.2. The Bertz CT molecular complexity index is 444. The number of aliphatic carboxylic acids is 1. The van der Waals surface area contributed by atoms with E-state index < -0.39 is 12.0 Å². The minimum Gasteiger partial charge on any atom is -0.480 e. The maximum Gasteiger partial charge on any atom is 0.321 e. The molecule has 6 heteroatoms. The molecule has 0 aromatic carbocycles. The molecule has 2 atom stereocenters. The van der Waals surface area contributed by atoms with Gasteiger partial charge in [-0.05, 0) is 20.8 Å². The van der Waals surface area contributed by atoms with Crippen LogP contribution in [0.25, 0.3) is 0 Å². The minimum atomic E-state index is -0.779. The largest absolute Gasteiger partial charge is 0.480 e. The molecule has 1 fully saturated rings. The van der Waals surface area contributed by atoms with E-state index in [4.69, 9.17) is 5.11 Å². The molecule has 17 heavy (non-hydrogen) atoms. The van der Waals surface area contributed by atoms with Crippen molar-refractivity contribution in [3.63, 3.8) is 0 Å². The maximum absolute atomic E-state index is 10.9. The molecule has 1 saturated heterocycles. The first-order chi connectivity index (χ1) is 8.04. The summed E-state index contributed by atoms with van der Waals surface area (Å²) in [6.45, 7) is 6.91. The molecule has 0 aliphatic carbocycles. The van der Waals surface area contributed by atoms with Crippen molar-refractivity contribution in [2.45, 2.75) is 38.7 Å². The molecule has 2 N–H and O–H groups in total. The number of carboxylic acids is 1.